The molecule has 0 unspecified atom stereocenters. The number of halogens is 1. The van der Waals surface area contributed by atoms with Crippen LogP contribution in [0.4, 0.5) is 11.4 Å². The van der Waals surface area contributed by atoms with Gasteiger partial charge in [0.05, 0.1) is 70.2 Å². The van der Waals surface area contributed by atoms with E-state index < -0.39 is 21.1 Å². The molecule has 6 aromatic rings. The lowest BCUT2D eigenvalue weighted by Crippen LogP contribution is -2.41. The second-order valence-electron chi connectivity index (χ2n) is 18.7. The first kappa shape index (κ1) is 47.7. The molecule has 7 heterocycles. The first-order valence-electron chi connectivity index (χ1n) is 20.6. The Bertz CT molecular complexity index is 2640. The van der Waals surface area contributed by atoms with Crippen LogP contribution >= 0.6 is 15.9 Å². The summed E-state index contributed by atoms with van der Waals surface area (Å²) < 4.78 is 41.2. The maximum atomic E-state index is 7.22. The summed E-state index contributed by atoms with van der Waals surface area (Å²) >= 11 is 3.45. The van der Waals surface area contributed by atoms with Crippen molar-refractivity contribution in [1.82, 2.24) is 18.8 Å². The zero-order valence-electron chi connectivity index (χ0n) is 37.5. The summed E-state index contributed by atoms with van der Waals surface area (Å²) in [6.45, 7) is 38.7. The molecule has 12 nitrogen and oxygen atoms in total. The quantitative estimate of drug-likeness (QED) is 0.127. The van der Waals surface area contributed by atoms with Crippen LogP contribution < -0.4 is 5.46 Å². The van der Waals surface area contributed by atoms with Crippen molar-refractivity contribution in [3.8, 4) is 22.8 Å². The summed E-state index contributed by atoms with van der Waals surface area (Å²) in [5.74, 6) is 1.64. The molecule has 3 aliphatic rings. The van der Waals surface area contributed by atoms with Gasteiger partial charge in [0, 0.05) is 28.0 Å². The lowest BCUT2D eigenvalue weighted by molar-refractivity contribution is 0.00578. The van der Waals surface area contributed by atoms with Crippen LogP contribution in [-0.4, -0.2) is 73.5 Å². The monoisotopic (exact) mass is 912 g/mol. The van der Waals surface area contributed by atoms with Gasteiger partial charge in [0.15, 0.2) is 11.4 Å². The molecule has 3 fully saturated rings. The maximum absolute atomic E-state index is 7.22. The average Bonchev–Trinajstić information content (AvgIpc) is 3.98. The van der Waals surface area contributed by atoms with E-state index in [4.69, 9.17) is 41.1 Å². The van der Waals surface area contributed by atoms with Crippen LogP contribution in [0.3, 0.4) is 0 Å². The van der Waals surface area contributed by atoms with E-state index in [1.54, 1.807) is 12.1 Å². The number of hydrogen-bond donors (Lipinski definition) is 0. The zero-order chi connectivity index (χ0) is 45.0. The Labute approximate surface area is 381 Å². The Hall–Kier alpha value is -4.77. The molecule has 0 atom stereocenters. The SMILES string of the molecule is C.CC1(C)OB(B2OC(C)(C)C(C)(C)O2)OC1(C)C.[C-]#[N+]c1cccc(-c2ncc3ccc(B4OC(C)(C)C(C)(C)O4)cn23)c1.[C-]#[N+]c1cccc(-c2ncc3ccc(Br)cn23)c1. The molecule has 16 heteroatoms. The number of nitrogens with zero attached hydrogens (tertiary/aromatic N) is 6. The lowest BCUT2D eigenvalue weighted by atomic mass is 9.49. The van der Waals surface area contributed by atoms with Crippen LogP contribution in [0.2, 0.25) is 0 Å². The van der Waals surface area contributed by atoms with Crippen LogP contribution in [-0.2, 0) is 27.9 Å². The molecular weight excluding hydrogens is 857 g/mol. The third-order valence-electron chi connectivity index (χ3n) is 12.8. The molecule has 0 radical (unpaired) electrons. The fourth-order valence-corrected chi connectivity index (χ4v) is 7.28. The molecule has 0 N–H and O–H groups in total. The van der Waals surface area contributed by atoms with Gasteiger partial charge in [-0.2, -0.15) is 0 Å². The van der Waals surface area contributed by atoms with E-state index in [1.807, 2.05) is 177 Å². The second kappa shape index (κ2) is 17.3. The standard InChI is InChI=1S/C20H20BN3O2.C14H8BrN3.C12H24B2O4.CH4/c1-19(2)20(3,4)26-21(25-19)15-9-10-17-12-23-18(24(17)13-15)14-7-6-8-16(11-14)22-5;1-16-12-4-2-3-10(7-12)14-17-8-13-6-5-11(15)9-18(13)14;1-9(2)10(3,4)16-13(15-9)14-17-11(5,6)12(7,8)18-14;/h6-13H,1-4H3;2-9H;1-8H3;1H4. The maximum Gasteiger partial charge on any atom is 0.496 e. The minimum Gasteiger partial charge on any atom is -0.405 e. The van der Waals surface area contributed by atoms with E-state index in [0.29, 0.717) is 11.4 Å². The third-order valence-corrected chi connectivity index (χ3v) is 13.3. The van der Waals surface area contributed by atoms with E-state index in [1.165, 1.54) is 0 Å². The Morgan fingerprint density at radius 3 is 1.32 bits per heavy atom. The van der Waals surface area contributed by atoms with E-state index in [2.05, 4.69) is 35.6 Å². The number of imidazole rings is 2. The molecule has 0 aliphatic carbocycles. The number of benzene rings is 2. The second-order valence-corrected chi connectivity index (χ2v) is 19.6. The molecule has 3 aliphatic heterocycles. The summed E-state index contributed by atoms with van der Waals surface area (Å²) in [7, 11) is -1.37. The van der Waals surface area contributed by atoms with Crippen molar-refractivity contribution in [3.63, 3.8) is 0 Å². The number of aromatic nitrogens is 4. The van der Waals surface area contributed by atoms with E-state index in [9.17, 15) is 0 Å². The predicted octanol–water partition coefficient (Wildman–Crippen LogP) is 11.1. The topological polar surface area (TPSA) is 98.7 Å². The van der Waals surface area contributed by atoms with Gasteiger partial charge in [-0.1, -0.05) is 49.9 Å². The van der Waals surface area contributed by atoms with Crippen molar-refractivity contribution >= 4 is 64.9 Å². The molecular formula is C47H56B3BrN6O6. The third kappa shape index (κ3) is 9.41. The van der Waals surface area contributed by atoms with Crippen molar-refractivity contribution < 1.29 is 27.9 Å². The normalized spacial score (nSPS) is 19.6. The average molecular weight is 913 g/mol. The van der Waals surface area contributed by atoms with Crippen LogP contribution in [0.15, 0.2) is 102 Å². The predicted molar refractivity (Wildman–Crippen MR) is 256 cm³/mol. The summed E-state index contributed by atoms with van der Waals surface area (Å²) in [4.78, 5) is 15.9. The van der Waals surface area contributed by atoms with Gasteiger partial charge in [0.2, 0.25) is 0 Å². The molecule has 2 aromatic carbocycles. The number of fused-ring (bicyclic) bond motifs is 2. The van der Waals surface area contributed by atoms with Gasteiger partial charge in [-0.3, -0.25) is 4.40 Å². The number of hydrogen-bond acceptors (Lipinski definition) is 8. The molecule has 63 heavy (non-hydrogen) atoms. The number of pyridine rings is 2. The Kier molecular flexibility index (Phi) is 13.1. The van der Waals surface area contributed by atoms with Gasteiger partial charge in [-0.25, -0.2) is 19.7 Å². The molecule has 3 saturated heterocycles. The van der Waals surface area contributed by atoms with Gasteiger partial charge < -0.3 is 32.3 Å². The number of rotatable bonds is 4. The van der Waals surface area contributed by atoms with Crippen molar-refractivity contribution in [3.05, 3.63) is 125 Å². The van der Waals surface area contributed by atoms with Gasteiger partial charge >= 0.3 is 21.1 Å². The smallest absolute Gasteiger partial charge is 0.405 e. The van der Waals surface area contributed by atoms with E-state index in [-0.39, 0.29) is 41.0 Å². The van der Waals surface area contributed by atoms with Crippen LogP contribution in [0.25, 0.3) is 43.5 Å². The molecule has 0 saturated carbocycles. The van der Waals surface area contributed by atoms with Gasteiger partial charge in [0.25, 0.3) is 0 Å². The van der Waals surface area contributed by atoms with E-state index >= 15 is 0 Å². The first-order chi connectivity index (χ1) is 29.0. The molecule has 0 bridgehead atoms. The first-order valence-corrected chi connectivity index (χ1v) is 21.4. The lowest BCUT2D eigenvalue weighted by Gasteiger charge is -2.32. The molecule has 326 valence electrons. The Morgan fingerprint density at radius 2 is 0.905 bits per heavy atom. The largest absolute Gasteiger partial charge is 0.496 e. The van der Waals surface area contributed by atoms with Crippen molar-refractivity contribution in [2.75, 3.05) is 0 Å². The fourth-order valence-electron chi connectivity index (χ4n) is 6.95. The van der Waals surface area contributed by atoms with Crippen LogP contribution in [0.1, 0.15) is 90.5 Å². The minimum atomic E-state index is -0.476. The van der Waals surface area contributed by atoms with Crippen LogP contribution in [0.5, 0.6) is 0 Å². The molecule has 0 spiro atoms. The minimum absolute atomic E-state index is 0. The highest BCUT2D eigenvalue weighted by Gasteiger charge is 2.63. The van der Waals surface area contributed by atoms with Crippen molar-refractivity contribution in [2.45, 2.75) is 124 Å². The Balaban J connectivity index is 0.000000160. The zero-order valence-corrected chi connectivity index (χ0v) is 39.1. The molecule has 4 aromatic heterocycles. The van der Waals surface area contributed by atoms with E-state index in [0.717, 1.165) is 43.7 Å². The van der Waals surface area contributed by atoms with Crippen LogP contribution in [0, 0.1) is 13.1 Å². The van der Waals surface area contributed by atoms with Gasteiger partial charge in [-0.15, -0.1) is 0 Å². The summed E-state index contributed by atoms with van der Waals surface area (Å²) in [5.41, 5.74) is 3.83. The highest BCUT2D eigenvalue weighted by atomic mass is 79.9. The summed E-state index contributed by atoms with van der Waals surface area (Å²) in [6, 6.07) is 23.0. The molecule has 0 amide bonds. The highest BCUT2D eigenvalue weighted by Crippen LogP contribution is 2.43. The Morgan fingerprint density at radius 1 is 0.524 bits per heavy atom. The highest BCUT2D eigenvalue weighted by molar-refractivity contribution is 9.10. The molecule has 9 rings (SSSR count). The fraction of sp³-hybridized carbons (Fsp3) is 0.404. The van der Waals surface area contributed by atoms with Gasteiger partial charge in [0.1, 0.15) is 11.6 Å². The van der Waals surface area contributed by atoms with Crippen molar-refractivity contribution in [2.24, 2.45) is 0 Å². The summed E-state index contributed by atoms with van der Waals surface area (Å²) in [5, 5.41) is 0. The summed E-state index contributed by atoms with van der Waals surface area (Å²) in [6.07, 6.45) is 7.63. The van der Waals surface area contributed by atoms with Gasteiger partial charge in [-0.05, 0) is 135 Å². The van der Waals surface area contributed by atoms with Crippen molar-refractivity contribution in [1.29, 1.82) is 0 Å².